The summed E-state index contributed by atoms with van der Waals surface area (Å²) in [4.78, 5) is 25.5. The molecule has 0 unspecified atom stereocenters. The number of rotatable bonds is 2. The smallest absolute Gasteiger partial charge is 0.249 e. The Bertz CT molecular complexity index is 703. The van der Waals surface area contributed by atoms with Crippen LogP contribution in [-0.4, -0.2) is 11.8 Å². The van der Waals surface area contributed by atoms with Crippen LogP contribution in [0.4, 0.5) is 4.70 Å². The van der Waals surface area contributed by atoms with E-state index in [1.807, 2.05) is 0 Å². The first kappa shape index (κ1) is 14.1. The van der Waals surface area contributed by atoms with Crippen molar-refractivity contribution >= 4 is 22.6 Å². The van der Waals surface area contributed by atoms with Crippen molar-refractivity contribution in [1.82, 2.24) is 0 Å². The third-order valence-corrected chi connectivity index (χ3v) is 2.54. The van der Waals surface area contributed by atoms with Crippen LogP contribution in [0.25, 0.3) is 21.2 Å². The van der Waals surface area contributed by atoms with Gasteiger partial charge >= 0.3 is 0 Å². The van der Waals surface area contributed by atoms with Crippen LogP contribution in [0.2, 0.25) is 0 Å². The molecule has 0 saturated heterocycles. The maximum absolute atomic E-state index is 11.7. The Morgan fingerprint density at radius 2 is 1.68 bits per heavy atom. The summed E-state index contributed by atoms with van der Waals surface area (Å²) in [5.41, 5.74) is 14.0. The second kappa shape index (κ2) is 5.61. The zero-order valence-corrected chi connectivity index (χ0v) is 9.61. The number of hydrogen-bond donors (Lipinski definition) is 1. The summed E-state index contributed by atoms with van der Waals surface area (Å²) in [5, 5.41) is 4.13. The molecule has 0 aromatic heterocycles. The molecule has 96 valence electrons. The van der Waals surface area contributed by atoms with Crippen LogP contribution >= 0.6 is 0 Å². The Labute approximate surface area is 106 Å². The van der Waals surface area contributed by atoms with Crippen LogP contribution in [0.3, 0.4) is 0 Å². The van der Waals surface area contributed by atoms with Crippen molar-refractivity contribution < 1.29 is 14.3 Å². The SMILES string of the molecule is F.[N-]=[N+]=NC(=O)c1cccc2cccc(C(N)=O)c12. The van der Waals surface area contributed by atoms with Crippen molar-refractivity contribution in [2.24, 2.45) is 10.8 Å². The van der Waals surface area contributed by atoms with E-state index in [4.69, 9.17) is 11.3 Å². The molecule has 2 N–H and O–H groups in total. The first-order chi connectivity index (χ1) is 8.65. The first-order valence-corrected chi connectivity index (χ1v) is 5.06. The maximum Gasteiger partial charge on any atom is 0.249 e. The van der Waals surface area contributed by atoms with E-state index in [1.54, 1.807) is 24.3 Å². The summed E-state index contributed by atoms with van der Waals surface area (Å²) in [6.45, 7) is 0. The average molecular weight is 260 g/mol. The normalized spacial score (nSPS) is 9.26. The van der Waals surface area contributed by atoms with E-state index in [9.17, 15) is 9.59 Å². The largest absolute Gasteiger partial charge is 0.366 e. The van der Waals surface area contributed by atoms with Gasteiger partial charge in [0.2, 0.25) is 11.8 Å². The van der Waals surface area contributed by atoms with Gasteiger partial charge in [-0.15, -0.1) is 0 Å². The topological polar surface area (TPSA) is 109 Å². The lowest BCUT2D eigenvalue weighted by Crippen LogP contribution is -2.12. The lowest BCUT2D eigenvalue weighted by molar-refractivity contribution is 0.0998. The zero-order valence-electron chi connectivity index (χ0n) is 9.61. The van der Waals surface area contributed by atoms with Gasteiger partial charge in [0.15, 0.2) is 0 Å². The molecule has 0 aliphatic carbocycles. The Morgan fingerprint density at radius 3 is 2.21 bits per heavy atom. The van der Waals surface area contributed by atoms with Crippen LogP contribution in [0.15, 0.2) is 41.5 Å². The number of azide groups is 1. The number of fused-ring (bicyclic) bond motifs is 1. The van der Waals surface area contributed by atoms with E-state index < -0.39 is 11.8 Å². The van der Waals surface area contributed by atoms with Crippen molar-refractivity contribution in [3.05, 3.63) is 58.0 Å². The van der Waals surface area contributed by atoms with Gasteiger partial charge < -0.3 is 5.73 Å². The van der Waals surface area contributed by atoms with Gasteiger partial charge in [-0.3, -0.25) is 14.3 Å². The molecule has 2 amide bonds. The highest BCUT2D eigenvalue weighted by Gasteiger charge is 2.14. The van der Waals surface area contributed by atoms with Gasteiger partial charge in [0, 0.05) is 21.4 Å². The minimum absolute atomic E-state index is 0. The highest BCUT2D eigenvalue weighted by Crippen LogP contribution is 2.23. The van der Waals surface area contributed by atoms with Crippen LogP contribution in [0.5, 0.6) is 0 Å². The summed E-state index contributed by atoms with van der Waals surface area (Å²) >= 11 is 0. The Hall–Kier alpha value is -2.92. The van der Waals surface area contributed by atoms with Gasteiger partial charge in [-0.05, 0) is 22.1 Å². The number of benzene rings is 2. The van der Waals surface area contributed by atoms with Crippen molar-refractivity contribution in [2.45, 2.75) is 0 Å². The third-order valence-electron chi connectivity index (χ3n) is 2.54. The van der Waals surface area contributed by atoms with Gasteiger partial charge in [-0.25, -0.2) is 0 Å². The standard InChI is InChI=1S/C12H8N4O2.FH/c13-11(17)8-5-1-3-7-4-2-6-9(10(7)8)12(18)15-16-14;/h1-6H,(H2,13,17);1H. The molecule has 2 aromatic rings. The monoisotopic (exact) mass is 260 g/mol. The van der Waals surface area contributed by atoms with Gasteiger partial charge in [0.05, 0.1) is 0 Å². The molecule has 2 aromatic carbocycles. The van der Waals surface area contributed by atoms with Gasteiger partial charge in [0.1, 0.15) is 0 Å². The van der Waals surface area contributed by atoms with Crippen LogP contribution in [-0.2, 0) is 0 Å². The highest BCUT2D eigenvalue weighted by atomic mass is 19.0. The maximum atomic E-state index is 11.7. The molecular formula is C12H9FN4O2. The van der Waals surface area contributed by atoms with E-state index in [1.165, 1.54) is 12.1 Å². The van der Waals surface area contributed by atoms with Crippen LogP contribution in [0.1, 0.15) is 20.7 Å². The quantitative estimate of drug-likeness (QED) is 0.508. The summed E-state index contributed by atoms with van der Waals surface area (Å²) in [6, 6.07) is 9.82. The molecule has 0 radical (unpaired) electrons. The summed E-state index contributed by atoms with van der Waals surface area (Å²) in [6.07, 6.45) is 0. The third kappa shape index (κ3) is 2.51. The van der Waals surface area contributed by atoms with Gasteiger partial charge in [-0.1, -0.05) is 30.3 Å². The van der Waals surface area contributed by atoms with Gasteiger partial charge in [-0.2, -0.15) is 0 Å². The number of carbonyl (C=O) groups is 2. The molecule has 0 atom stereocenters. The molecule has 0 aliphatic rings. The fourth-order valence-electron chi connectivity index (χ4n) is 1.82. The average Bonchev–Trinajstić information content (AvgIpc) is 2.37. The van der Waals surface area contributed by atoms with Crippen LogP contribution in [0, 0.1) is 0 Å². The molecule has 0 spiro atoms. The Kier molecular flexibility index (Phi) is 4.18. The highest BCUT2D eigenvalue weighted by molar-refractivity contribution is 6.15. The molecule has 19 heavy (non-hydrogen) atoms. The van der Waals surface area contributed by atoms with Crippen molar-refractivity contribution in [2.75, 3.05) is 0 Å². The molecule has 0 fully saturated rings. The molecular weight excluding hydrogens is 251 g/mol. The number of halogens is 1. The summed E-state index contributed by atoms with van der Waals surface area (Å²) < 4.78 is 0. The minimum Gasteiger partial charge on any atom is -0.366 e. The second-order valence-corrected chi connectivity index (χ2v) is 3.57. The number of nitrogens with zero attached hydrogens (tertiary/aromatic N) is 3. The zero-order chi connectivity index (χ0) is 13.1. The molecule has 0 saturated carbocycles. The lowest BCUT2D eigenvalue weighted by Gasteiger charge is -2.06. The summed E-state index contributed by atoms with van der Waals surface area (Å²) in [7, 11) is 0. The first-order valence-electron chi connectivity index (χ1n) is 5.06. The lowest BCUT2D eigenvalue weighted by atomic mass is 9.98. The number of carbonyl (C=O) groups excluding carboxylic acids is 2. The predicted octanol–water partition coefficient (Wildman–Crippen LogP) is 2.54. The van der Waals surface area contributed by atoms with Crippen LogP contribution < -0.4 is 5.73 Å². The molecule has 0 bridgehead atoms. The van der Waals surface area contributed by atoms with Crippen molar-refractivity contribution in [3.8, 4) is 0 Å². The Morgan fingerprint density at radius 1 is 1.11 bits per heavy atom. The molecule has 6 nitrogen and oxygen atoms in total. The number of amides is 2. The van der Waals surface area contributed by atoms with E-state index in [0.29, 0.717) is 10.8 Å². The number of primary amides is 1. The fourth-order valence-corrected chi connectivity index (χ4v) is 1.82. The summed E-state index contributed by atoms with van der Waals surface area (Å²) in [5.74, 6) is -1.38. The molecule has 2 rings (SSSR count). The Balaban J connectivity index is 0.00000180. The van der Waals surface area contributed by atoms with Crippen molar-refractivity contribution in [3.63, 3.8) is 0 Å². The second-order valence-electron chi connectivity index (χ2n) is 3.57. The van der Waals surface area contributed by atoms with E-state index in [0.717, 1.165) is 0 Å². The number of hydrogen-bond acceptors (Lipinski definition) is 2. The number of nitrogens with two attached hydrogens (primary N) is 1. The van der Waals surface area contributed by atoms with E-state index in [2.05, 4.69) is 10.0 Å². The van der Waals surface area contributed by atoms with E-state index in [-0.39, 0.29) is 15.8 Å². The van der Waals surface area contributed by atoms with Gasteiger partial charge in [0.25, 0.3) is 0 Å². The molecule has 7 heteroatoms. The molecule has 0 heterocycles. The fraction of sp³-hybridized carbons (Fsp3) is 0. The predicted molar refractivity (Wildman–Crippen MR) is 68.4 cm³/mol. The minimum atomic E-state index is -0.739. The van der Waals surface area contributed by atoms with E-state index >= 15 is 0 Å². The van der Waals surface area contributed by atoms with Crippen molar-refractivity contribution in [1.29, 1.82) is 0 Å². The molecule has 0 aliphatic heterocycles.